The van der Waals surface area contributed by atoms with Crippen molar-refractivity contribution in [2.75, 3.05) is 0 Å². The third kappa shape index (κ3) is 3.95. The second kappa shape index (κ2) is 7.99. The maximum atomic E-state index is 14.6. The first-order chi connectivity index (χ1) is 15.8. The van der Waals surface area contributed by atoms with Gasteiger partial charge in [-0.3, -0.25) is 0 Å². The molecule has 1 amide bonds. The normalized spacial score (nSPS) is 19.9. The van der Waals surface area contributed by atoms with E-state index >= 15 is 0 Å². The summed E-state index contributed by atoms with van der Waals surface area (Å²) in [4.78, 5) is 14.7. The largest absolute Gasteiger partial charge is 0.443 e. The van der Waals surface area contributed by atoms with E-state index in [0.717, 1.165) is 11.6 Å². The highest BCUT2D eigenvalue weighted by molar-refractivity contribution is 5.92. The molecule has 3 N–H and O–H groups in total. The average molecular weight is 450 g/mol. The van der Waals surface area contributed by atoms with Gasteiger partial charge in [0.1, 0.15) is 23.1 Å². The molecule has 1 saturated carbocycles. The van der Waals surface area contributed by atoms with Gasteiger partial charge in [-0.15, -0.1) is 0 Å². The first kappa shape index (κ1) is 21.1. The Balaban J connectivity index is 1.57. The summed E-state index contributed by atoms with van der Waals surface area (Å²) in [7, 11) is 0. The van der Waals surface area contributed by atoms with Crippen molar-refractivity contribution in [3.63, 3.8) is 0 Å². The fourth-order valence-corrected chi connectivity index (χ4v) is 5.00. The molecule has 0 spiro atoms. The van der Waals surface area contributed by atoms with Gasteiger partial charge in [0.15, 0.2) is 0 Å². The zero-order valence-corrected chi connectivity index (χ0v) is 17.6. The number of carbonyl (C=O) groups is 1. The highest BCUT2D eigenvalue weighted by atomic mass is 19.1. The first-order valence-corrected chi connectivity index (χ1v) is 10.6. The van der Waals surface area contributed by atoms with Gasteiger partial charge in [-0.1, -0.05) is 30.3 Å². The standard InChI is InChI=1S/C26H21F3N2O2/c27-18-8-6-16(7-9-18)23-22(20-10-19(28)11-21(29)24(20)31-23)17-13-26(14-17,33-25(30)32)12-15-4-2-1-3-5-15/h1-11,17,31H,12-14H2,(H2,30,32). The van der Waals surface area contributed by atoms with E-state index in [1.165, 1.54) is 18.2 Å². The molecule has 168 valence electrons. The summed E-state index contributed by atoms with van der Waals surface area (Å²) in [5, 5.41) is 0.421. The molecule has 5 rings (SSSR count). The predicted octanol–water partition coefficient (Wildman–Crippen LogP) is 6.21. The number of amides is 1. The Kier molecular flexibility index (Phi) is 5.12. The zero-order chi connectivity index (χ0) is 23.2. The van der Waals surface area contributed by atoms with Crippen LogP contribution in [0.5, 0.6) is 0 Å². The lowest BCUT2D eigenvalue weighted by atomic mass is 9.64. The van der Waals surface area contributed by atoms with E-state index < -0.39 is 29.1 Å². The molecule has 0 radical (unpaired) electrons. The molecule has 3 aromatic carbocycles. The number of hydrogen-bond acceptors (Lipinski definition) is 2. The van der Waals surface area contributed by atoms with Gasteiger partial charge in [0, 0.05) is 17.9 Å². The van der Waals surface area contributed by atoms with Gasteiger partial charge in [0.25, 0.3) is 0 Å². The second-order valence-electron chi connectivity index (χ2n) is 8.60. The van der Waals surface area contributed by atoms with Crippen LogP contribution in [-0.2, 0) is 11.2 Å². The molecular formula is C26H21F3N2O2. The van der Waals surface area contributed by atoms with Gasteiger partial charge in [-0.2, -0.15) is 0 Å². The molecule has 4 nitrogen and oxygen atoms in total. The van der Waals surface area contributed by atoms with E-state index in [9.17, 15) is 18.0 Å². The SMILES string of the molecule is NC(=O)OC1(Cc2ccccc2)CC(c2c(-c3ccc(F)cc3)[nH]c3c(F)cc(F)cc23)C1. The quantitative estimate of drug-likeness (QED) is 0.380. The number of primary amides is 1. The van der Waals surface area contributed by atoms with Crippen LogP contribution in [0.15, 0.2) is 66.7 Å². The molecule has 1 aliphatic rings. The highest BCUT2D eigenvalue weighted by Gasteiger charge is 2.49. The Hall–Kier alpha value is -3.74. The molecule has 0 bridgehead atoms. The molecule has 0 saturated heterocycles. The van der Waals surface area contributed by atoms with Crippen LogP contribution in [0.3, 0.4) is 0 Å². The Morgan fingerprint density at radius 1 is 1.00 bits per heavy atom. The highest BCUT2D eigenvalue weighted by Crippen LogP contribution is 2.53. The van der Waals surface area contributed by atoms with Crippen LogP contribution in [0, 0.1) is 17.5 Å². The van der Waals surface area contributed by atoms with Crippen molar-refractivity contribution in [1.82, 2.24) is 4.98 Å². The number of aromatic nitrogens is 1. The van der Waals surface area contributed by atoms with Gasteiger partial charge in [-0.25, -0.2) is 18.0 Å². The molecule has 1 heterocycles. The van der Waals surface area contributed by atoms with Crippen LogP contribution in [0.4, 0.5) is 18.0 Å². The lowest BCUT2D eigenvalue weighted by molar-refractivity contribution is -0.0561. The van der Waals surface area contributed by atoms with Gasteiger partial charge >= 0.3 is 6.09 Å². The van der Waals surface area contributed by atoms with E-state index in [4.69, 9.17) is 10.5 Å². The third-order valence-electron chi connectivity index (χ3n) is 6.33. The van der Waals surface area contributed by atoms with Crippen LogP contribution in [0.25, 0.3) is 22.2 Å². The number of hydrogen-bond donors (Lipinski definition) is 2. The van der Waals surface area contributed by atoms with Crippen molar-refractivity contribution in [2.45, 2.75) is 30.8 Å². The summed E-state index contributed by atoms with van der Waals surface area (Å²) in [6, 6.07) is 17.5. The zero-order valence-electron chi connectivity index (χ0n) is 17.6. The number of ether oxygens (including phenoxy) is 1. The summed E-state index contributed by atoms with van der Waals surface area (Å²) in [6.07, 6.45) is 0.484. The van der Waals surface area contributed by atoms with Crippen molar-refractivity contribution < 1.29 is 22.7 Å². The van der Waals surface area contributed by atoms with E-state index in [1.807, 2.05) is 30.3 Å². The summed E-state index contributed by atoms with van der Waals surface area (Å²) in [6.45, 7) is 0. The monoisotopic (exact) mass is 450 g/mol. The Morgan fingerprint density at radius 2 is 1.70 bits per heavy atom. The number of rotatable bonds is 5. The van der Waals surface area contributed by atoms with Gasteiger partial charge in [0.2, 0.25) is 0 Å². The lowest BCUT2D eigenvalue weighted by Gasteiger charge is -2.47. The van der Waals surface area contributed by atoms with Crippen molar-refractivity contribution in [3.8, 4) is 11.3 Å². The molecule has 1 aromatic heterocycles. The van der Waals surface area contributed by atoms with Crippen LogP contribution in [0.1, 0.15) is 29.9 Å². The van der Waals surface area contributed by atoms with Crippen LogP contribution >= 0.6 is 0 Å². The fourth-order valence-electron chi connectivity index (χ4n) is 5.00. The van der Waals surface area contributed by atoms with Gasteiger partial charge in [-0.05, 0) is 65.8 Å². The topological polar surface area (TPSA) is 68.1 Å². The predicted molar refractivity (Wildman–Crippen MR) is 119 cm³/mol. The molecule has 1 aliphatic carbocycles. The number of nitrogens with two attached hydrogens (primary N) is 1. The minimum Gasteiger partial charge on any atom is -0.443 e. The van der Waals surface area contributed by atoms with E-state index in [2.05, 4.69) is 4.98 Å². The number of nitrogens with one attached hydrogen (secondary N) is 1. The third-order valence-corrected chi connectivity index (χ3v) is 6.33. The summed E-state index contributed by atoms with van der Waals surface area (Å²) >= 11 is 0. The fraction of sp³-hybridized carbons (Fsp3) is 0.192. The average Bonchev–Trinajstić information content (AvgIpc) is 3.11. The van der Waals surface area contributed by atoms with E-state index in [1.54, 1.807) is 12.1 Å². The first-order valence-electron chi connectivity index (χ1n) is 10.6. The van der Waals surface area contributed by atoms with Crippen LogP contribution in [0.2, 0.25) is 0 Å². The summed E-state index contributed by atoms with van der Waals surface area (Å²) < 4.78 is 47.8. The number of H-pyrrole nitrogens is 1. The van der Waals surface area contributed by atoms with Crippen LogP contribution in [-0.4, -0.2) is 16.7 Å². The Bertz CT molecular complexity index is 1330. The number of carbonyl (C=O) groups excluding carboxylic acids is 1. The van der Waals surface area contributed by atoms with E-state index in [-0.39, 0.29) is 11.4 Å². The number of fused-ring (bicyclic) bond motifs is 1. The van der Waals surface area contributed by atoms with E-state index in [0.29, 0.717) is 41.5 Å². The van der Waals surface area contributed by atoms with Crippen molar-refractivity contribution in [1.29, 1.82) is 0 Å². The molecule has 4 aromatic rings. The minimum atomic E-state index is -0.862. The van der Waals surface area contributed by atoms with Crippen molar-refractivity contribution >= 4 is 17.0 Å². The van der Waals surface area contributed by atoms with Crippen molar-refractivity contribution in [2.24, 2.45) is 5.73 Å². The minimum absolute atomic E-state index is 0.150. The molecular weight excluding hydrogens is 429 g/mol. The Morgan fingerprint density at radius 3 is 2.36 bits per heavy atom. The maximum Gasteiger partial charge on any atom is 0.405 e. The molecule has 0 atom stereocenters. The van der Waals surface area contributed by atoms with Gasteiger partial charge < -0.3 is 15.5 Å². The van der Waals surface area contributed by atoms with Crippen molar-refractivity contribution in [3.05, 3.63) is 95.3 Å². The maximum absolute atomic E-state index is 14.6. The molecule has 1 fully saturated rings. The van der Waals surface area contributed by atoms with Crippen LogP contribution < -0.4 is 5.73 Å². The summed E-state index contributed by atoms with van der Waals surface area (Å²) in [5.41, 5.74) is 7.69. The second-order valence-corrected chi connectivity index (χ2v) is 8.60. The molecule has 33 heavy (non-hydrogen) atoms. The number of aromatic amines is 1. The number of benzene rings is 3. The number of halogens is 3. The lowest BCUT2D eigenvalue weighted by Crippen LogP contribution is -2.49. The molecule has 0 unspecified atom stereocenters. The molecule has 7 heteroatoms. The summed E-state index contributed by atoms with van der Waals surface area (Å²) in [5.74, 6) is -1.94. The Labute approximate surface area is 188 Å². The molecule has 0 aliphatic heterocycles. The van der Waals surface area contributed by atoms with Gasteiger partial charge in [0.05, 0.1) is 11.2 Å². The smallest absolute Gasteiger partial charge is 0.405 e.